The van der Waals surface area contributed by atoms with Crippen molar-refractivity contribution in [2.45, 2.75) is 57.7 Å². The molecule has 6 nitrogen and oxygen atoms in total. The third-order valence-electron chi connectivity index (χ3n) is 4.76. The van der Waals surface area contributed by atoms with E-state index >= 15 is 0 Å². The molecular formula is C19H27NO5. The van der Waals surface area contributed by atoms with Crippen LogP contribution in [-0.4, -0.2) is 37.8 Å². The molecule has 1 amide bonds. The first-order valence-corrected chi connectivity index (χ1v) is 8.71. The molecule has 1 aromatic carbocycles. The van der Waals surface area contributed by atoms with E-state index in [1.165, 1.54) is 7.11 Å². The summed E-state index contributed by atoms with van der Waals surface area (Å²) in [7, 11) is 2.88. The number of esters is 1. The van der Waals surface area contributed by atoms with Gasteiger partial charge in [0, 0.05) is 12.8 Å². The molecule has 138 valence electrons. The molecule has 0 aliphatic heterocycles. The summed E-state index contributed by atoms with van der Waals surface area (Å²) in [4.78, 5) is 24.7. The van der Waals surface area contributed by atoms with Crippen molar-refractivity contribution < 1.29 is 23.8 Å². The number of hydrogen-bond donors (Lipinski definition) is 1. The van der Waals surface area contributed by atoms with Crippen LogP contribution in [0, 0.1) is 0 Å². The molecule has 0 saturated heterocycles. The fraction of sp³-hybridized carbons (Fsp3) is 0.579. The smallest absolute Gasteiger partial charge is 0.341 e. The number of ether oxygens (including phenoxy) is 3. The van der Waals surface area contributed by atoms with E-state index in [0.717, 1.165) is 19.3 Å². The van der Waals surface area contributed by atoms with Crippen molar-refractivity contribution in [2.75, 3.05) is 19.5 Å². The fourth-order valence-electron chi connectivity index (χ4n) is 3.00. The monoisotopic (exact) mass is 349 g/mol. The number of benzene rings is 1. The number of nitrogens with one attached hydrogen (secondary N) is 1. The van der Waals surface area contributed by atoms with Crippen molar-refractivity contribution in [1.29, 1.82) is 0 Å². The Bertz CT molecular complexity index is 622. The first-order valence-electron chi connectivity index (χ1n) is 8.71. The number of amides is 1. The highest BCUT2D eigenvalue weighted by Gasteiger charge is 2.41. The maximum atomic E-state index is 12.6. The van der Waals surface area contributed by atoms with Crippen molar-refractivity contribution >= 4 is 17.6 Å². The third kappa shape index (κ3) is 4.31. The molecule has 0 heterocycles. The standard InChI is InChI=1S/C19H27NO5/c1-5-13(2)25-16-9-8-14(12-15(16)17(21)23-3)20-18(22)19(24-4)10-6-7-11-19/h8-9,12-13H,5-7,10-11H2,1-4H3,(H,20,22)/t13-/m0/s1. The van der Waals surface area contributed by atoms with Gasteiger partial charge in [-0.15, -0.1) is 0 Å². The molecule has 1 atom stereocenters. The van der Waals surface area contributed by atoms with Gasteiger partial charge in [-0.2, -0.15) is 0 Å². The van der Waals surface area contributed by atoms with E-state index in [4.69, 9.17) is 14.2 Å². The largest absolute Gasteiger partial charge is 0.490 e. The quantitative estimate of drug-likeness (QED) is 0.762. The summed E-state index contributed by atoms with van der Waals surface area (Å²) in [5.41, 5.74) is 0.0286. The molecule has 6 heteroatoms. The van der Waals surface area contributed by atoms with Crippen LogP contribution in [0.3, 0.4) is 0 Å². The Balaban J connectivity index is 2.24. The number of methoxy groups -OCH3 is 2. The average Bonchev–Trinajstić information content (AvgIpc) is 3.12. The Hall–Kier alpha value is -2.08. The number of rotatable bonds is 7. The Morgan fingerprint density at radius 1 is 1.24 bits per heavy atom. The maximum absolute atomic E-state index is 12.6. The lowest BCUT2D eigenvalue weighted by Gasteiger charge is -2.26. The summed E-state index contributed by atoms with van der Waals surface area (Å²) in [6.07, 6.45) is 4.13. The highest BCUT2D eigenvalue weighted by Crippen LogP contribution is 2.34. The molecule has 0 aromatic heterocycles. The second-order valence-electron chi connectivity index (χ2n) is 6.40. The minimum absolute atomic E-state index is 0.0286. The molecule has 1 fully saturated rings. The van der Waals surface area contributed by atoms with Crippen molar-refractivity contribution in [3.8, 4) is 5.75 Å². The van der Waals surface area contributed by atoms with E-state index in [1.54, 1.807) is 25.3 Å². The zero-order valence-corrected chi connectivity index (χ0v) is 15.4. The molecule has 2 rings (SSSR count). The molecule has 1 aromatic rings. The van der Waals surface area contributed by atoms with Gasteiger partial charge < -0.3 is 19.5 Å². The van der Waals surface area contributed by atoms with Crippen LogP contribution in [0.2, 0.25) is 0 Å². The van der Waals surface area contributed by atoms with Gasteiger partial charge in [0.05, 0.1) is 13.2 Å². The van der Waals surface area contributed by atoms with Crippen LogP contribution in [0.25, 0.3) is 0 Å². The SMILES string of the molecule is CC[C@H](C)Oc1ccc(NC(=O)C2(OC)CCCC2)cc1C(=O)OC. The van der Waals surface area contributed by atoms with E-state index in [9.17, 15) is 9.59 Å². The first kappa shape index (κ1) is 19.2. The van der Waals surface area contributed by atoms with Crippen LogP contribution in [0.1, 0.15) is 56.3 Å². The molecule has 1 N–H and O–H groups in total. The molecular weight excluding hydrogens is 322 g/mol. The minimum Gasteiger partial charge on any atom is -0.490 e. The second-order valence-corrected chi connectivity index (χ2v) is 6.40. The summed E-state index contributed by atoms with van der Waals surface area (Å²) < 4.78 is 16.1. The molecule has 0 bridgehead atoms. The molecule has 25 heavy (non-hydrogen) atoms. The predicted molar refractivity (Wildman–Crippen MR) is 95.0 cm³/mol. The van der Waals surface area contributed by atoms with Gasteiger partial charge in [-0.05, 0) is 57.2 Å². The lowest BCUT2D eigenvalue weighted by atomic mass is 10.0. The van der Waals surface area contributed by atoms with E-state index in [2.05, 4.69) is 5.32 Å². The maximum Gasteiger partial charge on any atom is 0.341 e. The van der Waals surface area contributed by atoms with Gasteiger partial charge in [0.15, 0.2) is 0 Å². The average molecular weight is 349 g/mol. The fourth-order valence-corrected chi connectivity index (χ4v) is 3.00. The van der Waals surface area contributed by atoms with Crippen LogP contribution < -0.4 is 10.1 Å². The minimum atomic E-state index is -0.780. The first-order chi connectivity index (χ1) is 12.0. The molecule has 0 spiro atoms. The van der Waals surface area contributed by atoms with Gasteiger partial charge in [-0.3, -0.25) is 4.79 Å². The predicted octanol–water partition coefficient (Wildman–Crippen LogP) is 3.55. The summed E-state index contributed by atoms with van der Waals surface area (Å²) in [5, 5.41) is 2.86. The zero-order valence-electron chi connectivity index (χ0n) is 15.4. The zero-order chi connectivity index (χ0) is 18.4. The van der Waals surface area contributed by atoms with Gasteiger partial charge in [0.25, 0.3) is 5.91 Å². The summed E-state index contributed by atoms with van der Waals surface area (Å²) in [5.74, 6) is -0.239. The van der Waals surface area contributed by atoms with Gasteiger partial charge in [0.1, 0.15) is 16.9 Å². The van der Waals surface area contributed by atoms with Crippen molar-refractivity contribution in [1.82, 2.24) is 0 Å². The number of carbonyl (C=O) groups excluding carboxylic acids is 2. The Kier molecular flexibility index (Phi) is 6.42. The molecule has 0 radical (unpaired) electrons. The van der Waals surface area contributed by atoms with Crippen LogP contribution in [0.15, 0.2) is 18.2 Å². The van der Waals surface area contributed by atoms with Crippen LogP contribution >= 0.6 is 0 Å². The van der Waals surface area contributed by atoms with Crippen LogP contribution in [0.4, 0.5) is 5.69 Å². The van der Waals surface area contributed by atoms with Gasteiger partial charge in [-0.25, -0.2) is 4.79 Å². The highest BCUT2D eigenvalue weighted by atomic mass is 16.5. The van der Waals surface area contributed by atoms with E-state index < -0.39 is 11.6 Å². The normalized spacial score (nSPS) is 17.0. The molecule has 1 saturated carbocycles. The highest BCUT2D eigenvalue weighted by molar-refractivity contribution is 5.99. The summed E-state index contributed by atoms with van der Waals surface area (Å²) in [6.45, 7) is 3.93. The summed E-state index contributed by atoms with van der Waals surface area (Å²) in [6, 6.07) is 4.99. The third-order valence-corrected chi connectivity index (χ3v) is 4.76. The van der Waals surface area contributed by atoms with E-state index in [-0.39, 0.29) is 12.0 Å². The topological polar surface area (TPSA) is 73.9 Å². The number of anilines is 1. The van der Waals surface area contributed by atoms with Gasteiger partial charge >= 0.3 is 5.97 Å². The Labute approximate surface area is 148 Å². The molecule has 1 aliphatic carbocycles. The van der Waals surface area contributed by atoms with Crippen LogP contribution in [0.5, 0.6) is 5.75 Å². The molecule has 1 aliphatic rings. The lowest BCUT2D eigenvalue weighted by Crippen LogP contribution is -2.42. The number of carbonyl (C=O) groups is 2. The van der Waals surface area contributed by atoms with E-state index in [0.29, 0.717) is 29.8 Å². The van der Waals surface area contributed by atoms with Crippen molar-refractivity contribution in [3.63, 3.8) is 0 Å². The van der Waals surface area contributed by atoms with Crippen molar-refractivity contribution in [3.05, 3.63) is 23.8 Å². The van der Waals surface area contributed by atoms with Crippen molar-refractivity contribution in [2.24, 2.45) is 0 Å². The van der Waals surface area contributed by atoms with Gasteiger partial charge in [0.2, 0.25) is 0 Å². The summed E-state index contributed by atoms with van der Waals surface area (Å²) >= 11 is 0. The van der Waals surface area contributed by atoms with Gasteiger partial charge in [-0.1, -0.05) is 6.92 Å². The van der Waals surface area contributed by atoms with E-state index in [1.807, 2.05) is 13.8 Å². The molecule has 0 unspecified atom stereocenters. The lowest BCUT2D eigenvalue weighted by molar-refractivity contribution is -0.137. The van der Waals surface area contributed by atoms with Crippen LogP contribution in [-0.2, 0) is 14.3 Å². The Morgan fingerprint density at radius 2 is 1.92 bits per heavy atom. The second kappa shape index (κ2) is 8.34. The Morgan fingerprint density at radius 3 is 2.48 bits per heavy atom. The number of hydrogen-bond acceptors (Lipinski definition) is 5.